The van der Waals surface area contributed by atoms with Gasteiger partial charge in [0.1, 0.15) is 38.5 Å². The molecule has 0 aliphatic carbocycles. The number of quaternary nitrogens is 2. The molecule has 2 aromatic carbocycles. The number of anilines is 1. The average Bonchev–Trinajstić information content (AvgIpc) is 2.70. The zero-order valence-electron chi connectivity index (χ0n) is 16.1. The van der Waals surface area contributed by atoms with Crippen LogP contribution >= 0.6 is 11.6 Å². The minimum Gasteiger partial charge on any atom is -0.342 e. The summed E-state index contributed by atoms with van der Waals surface area (Å²) in [5, 5.41) is 6.03. The predicted octanol–water partition coefficient (Wildman–Crippen LogP) is -0.483. The first kappa shape index (κ1) is 21.2. The smallest absolute Gasteiger partial charge is 0.275 e. The molecule has 0 atom stereocenters. The Bertz CT molecular complexity index is 839. The Balaban J connectivity index is 1.34. The van der Waals surface area contributed by atoms with E-state index in [0.717, 1.165) is 37.7 Å². The molecule has 1 heterocycles. The molecule has 29 heavy (non-hydrogen) atoms. The summed E-state index contributed by atoms with van der Waals surface area (Å²) in [6.45, 7) is 4.98. The third-order valence-electron chi connectivity index (χ3n) is 4.99. The molecule has 154 valence electrons. The van der Waals surface area contributed by atoms with Gasteiger partial charge >= 0.3 is 0 Å². The van der Waals surface area contributed by atoms with Gasteiger partial charge in [0.05, 0.1) is 6.54 Å². The van der Waals surface area contributed by atoms with Gasteiger partial charge in [0.2, 0.25) is 5.91 Å². The van der Waals surface area contributed by atoms with Crippen molar-refractivity contribution in [1.29, 1.82) is 0 Å². The second kappa shape index (κ2) is 10.3. The fraction of sp³-hybridized carbons (Fsp3) is 0.333. The van der Waals surface area contributed by atoms with E-state index in [2.05, 4.69) is 16.7 Å². The van der Waals surface area contributed by atoms with E-state index in [1.165, 1.54) is 39.6 Å². The fourth-order valence-corrected chi connectivity index (χ4v) is 3.67. The summed E-state index contributed by atoms with van der Waals surface area (Å²) < 4.78 is 12.9. The molecule has 0 saturated carbocycles. The summed E-state index contributed by atoms with van der Waals surface area (Å²) >= 11 is 6.05. The van der Waals surface area contributed by atoms with Crippen molar-refractivity contribution in [1.82, 2.24) is 5.32 Å². The monoisotopic (exact) mass is 420 g/mol. The van der Waals surface area contributed by atoms with Gasteiger partial charge in [-0.1, -0.05) is 23.7 Å². The number of halogens is 2. The summed E-state index contributed by atoms with van der Waals surface area (Å²) in [7, 11) is 0. The minimum absolute atomic E-state index is 0.102. The van der Waals surface area contributed by atoms with Crippen molar-refractivity contribution in [3.05, 3.63) is 64.9 Å². The number of carbonyl (C=O) groups excluding carboxylic acids is 2. The van der Waals surface area contributed by atoms with Gasteiger partial charge in [-0.15, -0.1) is 0 Å². The largest absolute Gasteiger partial charge is 0.342 e. The number of amides is 2. The van der Waals surface area contributed by atoms with E-state index in [1.807, 2.05) is 18.2 Å². The quantitative estimate of drug-likeness (QED) is 0.489. The van der Waals surface area contributed by atoms with Crippen LogP contribution in [0.25, 0.3) is 0 Å². The van der Waals surface area contributed by atoms with Crippen LogP contribution in [0.1, 0.15) is 5.56 Å². The maximum absolute atomic E-state index is 12.9. The fourth-order valence-electron chi connectivity index (χ4n) is 3.45. The SMILES string of the molecule is O=C(C[NH+]1CC[NH+](Cc2cccc(Cl)c2)CC1)NCC(=O)Nc1ccc(F)cc1. The number of carbonyl (C=O) groups is 2. The molecular weight excluding hydrogens is 395 g/mol. The summed E-state index contributed by atoms with van der Waals surface area (Å²) in [5.41, 5.74) is 1.72. The first-order valence-electron chi connectivity index (χ1n) is 9.71. The lowest BCUT2D eigenvalue weighted by Crippen LogP contribution is -3.28. The van der Waals surface area contributed by atoms with Gasteiger partial charge in [-0.2, -0.15) is 0 Å². The Hall–Kier alpha value is -2.48. The van der Waals surface area contributed by atoms with Crippen LogP contribution in [-0.4, -0.2) is 51.1 Å². The van der Waals surface area contributed by atoms with Gasteiger partial charge in [-0.05, 0) is 36.4 Å². The number of benzene rings is 2. The highest BCUT2D eigenvalue weighted by Gasteiger charge is 2.25. The molecule has 0 spiro atoms. The second-order valence-electron chi connectivity index (χ2n) is 7.32. The molecule has 0 aromatic heterocycles. The summed E-state index contributed by atoms with van der Waals surface area (Å²) in [6, 6.07) is 13.4. The summed E-state index contributed by atoms with van der Waals surface area (Å²) in [6.07, 6.45) is 0. The zero-order chi connectivity index (χ0) is 20.6. The molecule has 0 radical (unpaired) electrons. The lowest BCUT2D eigenvalue weighted by molar-refractivity contribution is -1.02. The average molecular weight is 421 g/mol. The molecule has 0 unspecified atom stereocenters. The van der Waals surface area contributed by atoms with Crippen LogP contribution in [0.2, 0.25) is 5.02 Å². The van der Waals surface area contributed by atoms with E-state index in [4.69, 9.17) is 11.6 Å². The van der Waals surface area contributed by atoms with E-state index in [0.29, 0.717) is 12.2 Å². The molecule has 0 bridgehead atoms. The number of nitrogens with one attached hydrogen (secondary N) is 4. The third kappa shape index (κ3) is 7.12. The number of rotatable bonds is 7. The summed E-state index contributed by atoms with van der Waals surface area (Å²) in [4.78, 5) is 26.7. The third-order valence-corrected chi connectivity index (χ3v) is 5.23. The van der Waals surface area contributed by atoms with Crippen molar-refractivity contribution in [3.8, 4) is 0 Å². The van der Waals surface area contributed by atoms with Crippen molar-refractivity contribution >= 4 is 29.1 Å². The Kier molecular flexibility index (Phi) is 7.57. The normalized spacial score (nSPS) is 18.8. The van der Waals surface area contributed by atoms with Gasteiger partial charge < -0.3 is 20.4 Å². The van der Waals surface area contributed by atoms with E-state index < -0.39 is 0 Å². The van der Waals surface area contributed by atoms with Crippen LogP contribution in [0.5, 0.6) is 0 Å². The van der Waals surface area contributed by atoms with Crippen molar-refractivity contribution in [2.75, 3.05) is 44.6 Å². The molecule has 2 aromatic rings. The van der Waals surface area contributed by atoms with Gasteiger partial charge in [0.25, 0.3) is 5.91 Å². The lowest BCUT2D eigenvalue weighted by atomic mass is 10.2. The Labute approximate surface area is 174 Å². The lowest BCUT2D eigenvalue weighted by Gasteiger charge is -2.29. The van der Waals surface area contributed by atoms with E-state index in [9.17, 15) is 14.0 Å². The van der Waals surface area contributed by atoms with Gasteiger partial charge in [-0.25, -0.2) is 4.39 Å². The molecule has 1 saturated heterocycles. The van der Waals surface area contributed by atoms with Crippen LogP contribution in [0.4, 0.5) is 10.1 Å². The van der Waals surface area contributed by atoms with Gasteiger partial charge in [0, 0.05) is 16.3 Å². The van der Waals surface area contributed by atoms with Crippen LogP contribution in [0.3, 0.4) is 0 Å². The first-order valence-corrected chi connectivity index (χ1v) is 10.1. The van der Waals surface area contributed by atoms with Crippen molar-refractivity contribution < 1.29 is 23.8 Å². The second-order valence-corrected chi connectivity index (χ2v) is 7.75. The summed E-state index contributed by atoms with van der Waals surface area (Å²) in [5.74, 6) is -0.850. The molecule has 4 N–H and O–H groups in total. The van der Waals surface area contributed by atoms with Crippen LogP contribution < -0.4 is 20.4 Å². The zero-order valence-corrected chi connectivity index (χ0v) is 16.9. The van der Waals surface area contributed by atoms with Gasteiger partial charge in [0.15, 0.2) is 6.54 Å². The highest BCUT2D eigenvalue weighted by atomic mass is 35.5. The molecule has 1 aliphatic rings. The molecule has 2 amide bonds. The number of piperazine rings is 1. The van der Waals surface area contributed by atoms with Crippen molar-refractivity contribution in [3.63, 3.8) is 0 Å². The Morgan fingerprint density at radius 2 is 1.66 bits per heavy atom. The maximum atomic E-state index is 12.9. The topological polar surface area (TPSA) is 67.1 Å². The van der Waals surface area contributed by atoms with Crippen LogP contribution in [0.15, 0.2) is 48.5 Å². The maximum Gasteiger partial charge on any atom is 0.275 e. The Morgan fingerprint density at radius 3 is 2.34 bits per heavy atom. The molecular formula is C21H26ClFN4O2+2. The highest BCUT2D eigenvalue weighted by molar-refractivity contribution is 6.30. The molecule has 3 rings (SSSR count). The van der Waals surface area contributed by atoms with Crippen LogP contribution in [0, 0.1) is 5.82 Å². The highest BCUT2D eigenvalue weighted by Crippen LogP contribution is 2.09. The Morgan fingerprint density at radius 1 is 0.966 bits per heavy atom. The van der Waals surface area contributed by atoms with Crippen molar-refractivity contribution in [2.45, 2.75) is 6.54 Å². The van der Waals surface area contributed by atoms with E-state index >= 15 is 0 Å². The first-order chi connectivity index (χ1) is 14.0. The predicted molar refractivity (Wildman–Crippen MR) is 109 cm³/mol. The van der Waals surface area contributed by atoms with Gasteiger partial charge in [-0.3, -0.25) is 9.59 Å². The van der Waals surface area contributed by atoms with Crippen molar-refractivity contribution in [2.24, 2.45) is 0 Å². The van der Waals surface area contributed by atoms with Crippen LogP contribution in [-0.2, 0) is 16.1 Å². The number of hydrogen-bond acceptors (Lipinski definition) is 2. The van der Waals surface area contributed by atoms with E-state index in [1.54, 1.807) is 0 Å². The minimum atomic E-state index is -0.367. The molecule has 1 aliphatic heterocycles. The molecule has 6 nitrogen and oxygen atoms in total. The standard InChI is InChI=1S/C21H24ClFN4O2/c22-17-3-1-2-16(12-17)14-26-8-10-27(11-9-26)15-21(29)24-13-20(28)25-19-6-4-18(23)5-7-19/h1-7,12H,8-11,13-15H2,(H,24,29)(H,25,28)/p+2. The number of hydrogen-bond donors (Lipinski definition) is 4. The van der Waals surface area contributed by atoms with E-state index in [-0.39, 0.29) is 24.2 Å². The molecule has 1 fully saturated rings. The molecule has 8 heteroatoms.